The number of rotatable bonds is 2. The van der Waals surface area contributed by atoms with Gasteiger partial charge >= 0.3 is 6.09 Å². The number of nitrogens with zero attached hydrogens (tertiary/aromatic N) is 1. The fourth-order valence-electron chi connectivity index (χ4n) is 2.70. The summed E-state index contributed by atoms with van der Waals surface area (Å²) in [5.74, 6) is -0.152. The second-order valence-electron chi connectivity index (χ2n) is 6.42. The van der Waals surface area contributed by atoms with Crippen molar-refractivity contribution in [1.82, 2.24) is 4.90 Å². The van der Waals surface area contributed by atoms with Crippen LogP contribution < -0.4 is 0 Å². The molecule has 1 N–H and O–H groups in total. The Morgan fingerprint density at radius 3 is 2.76 bits per heavy atom. The maximum Gasteiger partial charge on any atom is 0.410 e. The first-order chi connectivity index (χ1) is 9.81. The number of hydrogen-bond donors (Lipinski definition) is 1. The number of likely N-dealkylation sites (tertiary alicyclic amines) is 1. The third kappa shape index (κ3) is 3.65. The van der Waals surface area contributed by atoms with Gasteiger partial charge in [0.2, 0.25) is 0 Å². The van der Waals surface area contributed by atoms with Crippen molar-refractivity contribution >= 4 is 6.09 Å². The molecule has 1 aliphatic rings. The molecule has 5 heteroatoms. The molecule has 21 heavy (non-hydrogen) atoms. The molecule has 0 radical (unpaired) electrons. The highest BCUT2D eigenvalue weighted by Crippen LogP contribution is 2.39. The molecule has 1 aromatic carbocycles. The number of amides is 1. The predicted octanol–water partition coefficient (Wildman–Crippen LogP) is 3.66. The number of hydrogen-bond acceptors (Lipinski definition) is 3. The van der Waals surface area contributed by atoms with E-state index in [1.807, 2.05) is 0 Å². The highest BCUT2D eigenvalue weighted by molar-refractivity contribution is 5.69. The minimum Gasteiger partial charge on any atom is -0.508 e. The SMILES string of the molecule is CC(C)(C)OC(=O)N1CCC(CF)C1c1cccc(O)c1. The summed E-state index contributed by atoms with van der Waals surface area (Å²) in [6, 6.07) is 6.25. The number of carbonyl (C=O) groups is 1. The minimum atomic E-state index is -0.589. The number of phenols is 1. The molecular formula is C16H22FNO3. The Kier molecular flexibility index (Phi) is 4.40. The summed E-state index contributed by atoms with van der Waals surface area (Å²) in [7, 11) is 0. The van der Waals surface area contributed by atoms with E-state index in [0.29, 0.717) is 13.0 Å². The Bertz CT molecular complexity index is 512. The first-order valence-corrected chi connectivity index (χ1v) is 7.16. The van der Waals surface area contributed by atoms with Crippen molar-refractivity contribution in [3.8, 4) is 5.75 Å². The quantitative estimate of drug-likeness (QED) is 0.906. The molecule has 1 amide bonds. The van der Waals surface area contributed by atoms with Crippen LogP contribution in [0.25, 0.3) is 0 Å². The van der Waals surface area contributed by atoms with Crippen molar-refractivity contribution in [2.75, 3.05) is 13.2 Å². The molecule has 4 nitrogen and oxygen atoms in total. The summed E-state index contributed by atoms with van der Waals surface area (Å²) in [4.78, 5) is 13.9. The fraction of sp³-hybridized carbons (Fsp3) is 0.562. The van der Waals surface area contributed by atoms with E-state index < -0.39 is 24.4 Å². The number of carbonyl (C=O) groups excluding carboxylic acids is 1. The van der Waals surface area contributed by atoms with Crippen LogP contribution in [0, 0.1) is 5.92 Å². The van der Waals surface area contributed by atoms with Gasteiger partial charge in [-0.1, -0.05) is 12.1 Å². The second kappa shape index (κ2) is 5.92. The molecule has 1 heterocycles. The number of phenolic OH excluding ortho intramolecular Hbond substituents is 1. The summed E-state index contributed by atoms with van der Waals surface area (Å²) in [5.41, 5.74) is 0.148. The van der Waals surface area contributed by atoms with Crippen LogP contribution in [0.4, 0.5) is 9.18 Å². The van der Waals surface area contributed by atoms with Crippen molar-refractivity contribution in [1.29, 1.82) is 0 Å². The van der Waals surface area contributed by atoms with Crippen LogP contribution in [0.1, 0.15) is 38.8 Å². The molecule has 0 aliphatic carbocycles. The van der Waals surface area contributed by atoms with Gasteiger partial charge in [-0.2, -0.15) is 0 Å². The van der Waals surface area contributed by atoms with Crippen molar-refractivity contribution < 1.29 is 19.0 Å². The molecule has 2 unspecified atom stereocenters. The Hall–Kier alpha value is -1.78. The number of aromatic hydroxyl groups is 1. The lowest BCUT2D eigenvalue weighted by Gasteiger charge is -2.30. The van der Waals surface area contributed by atoms with Crippen LogP contribution in [-0.4, -0.2) is 34.9 Å². The molecule has 116 valence electrons. The first kappa shape index (κ1) is 15.6. The number of halogens is 1. The number of ether oxygens (including phenoxy) is 1. The van der Waals surface area contributed by atoms with E-state index in [1.54, 1.807) is 49.9 Å². The van der Waals surface area contributed by atoms with Crippen LogP contribution in [0.15, 0.2) is 24.3 Å². The van der Waals surface area contributed by atoms with Gasteiger partial charge in [0, 0.05) is 12.5 Å². The molecule has 0 aromatic heterocycles. The monoisotopic (exact) mass is 295 g/mol. The molecule has 1 aliphatic heterocycles. The van der Waals surface area contributed by atoms with Gasteiger partial charge in [-0.25, -0.2) is 4.79 Å². The van der Waals surface area contributed by atoms with Crippen LogP contribution in [0.5, 0.6) is 5.75 Å². The number of alkyl halides is 1. The van der Waals surface area contributed by atoms with Crippen LogP contribution in [0.3, 0.4) is 0 Å². The lowest BCUT2D eigenvalue weighted by molar-refractivity contribution is 0.0200. The third-order valence-electron chi connectivity index (χ3n) is 3.56. The highest BCUT2D eigenvalue weighted by atomic mass is 19.1. The molecule has 0 saturated carbocycles. The van der Waals surface area contributed by atoms with Gasteiger partial charge in [0.25, 0.3) is 0 Å². The average Bonchev–Trinajstić information content (AvgIpc) is 2.80. The lowest BCUT2D eigenvalue weighted by Crippen LogP contribution is -2.37. The summed E-state index contributed by atoms with van der Waals surface area (Å²) in [6.45, 7) is 5.37. The molecule has 2 atom stereocenters. The normalized spacial score (nSPS) is 22.4. The molecule has 2 rings (SSSR count). The van der Waals surface area contributed by atoms with Gasteiger partial charge in [-0.3, -0.25) is 4.39 Å². The van der Waals surface area contributed by atoms with E-state index in [4.69, 9.17) is 4.74 Å². The summed E-state index contributed by atoms with van der Waals surface area (Å²) in [5, 5.41) is 9.62. The number of benzene rings is 1. The Morgan fingerprint density at radius 2 is 2.19 bits per heavy atom. The highest BCUT2D eigenvalue weighted by Gasteiger charge is 2.40. The molecule has 1 fully saturated rings. The van der Waals surface area contributed by atoms with Gasteiger partial charge in [0.1, 0.15) is 11.4 Å². The van der Waals surface area contributed by atoms with Gasteiger partial charge in [-0.15, -0.1) is 0 Å². The predicted molar refractivity (Wildman–Crippen MR) is 77.9 cm³/mol. The van der Waals surface area contributed by atoms with Gasteiger partial charge in [0.15, 0.2) is 0 Å². The van der Waals surface area contributed by atoms with E-state index >= 15 is 0 Å². The van der Waals surface area contributed by atoms with Crippen molar-refractivity contribution in [3.05, 3.63) is 29.8 Å². The first-order valence-electron chi connectivity index (χ1n) is 7.16. The topological polar surface area (TPSA) is 49.8 Å². The summed E-state index contributed by atoms with van der Waals surface area (Å²) >= 11 is 0. The van der Waals surface area contributed by atoms with E-state index in [9.17, 15) is 14.3 Å². The molecule has 0 bridgehead atoms. The van der Waals surface area contributed by atoms with Gasteiger partial charge in [-0.05, 0) is 44.9 Å². The van der Waals surface area contributed by atoms with Crippen LogP contribution in [0.2, 0.25) is 0 Å². The Balaban J connectivity index is 2.26. The maximum atomic E-state index is 13.3. The zero-order valence-electron chi connectivity index (χ0n) is 12.7. The van der Waals surface area contributed by atoms with E-state index in [2.05, 4.69) is 0 Å². The van der Waals surface area contributed by atoms with Crippen LogP contribution >= 0.6 is 0 Å². The van der Waals surface area contributed by atoms with Gasteiger partial charge < -0.3 is 14.7 Å². The van der Waals surface area contributed by atoms with Crippen molar-refractivity contribution in [3.63, 3.8) is 0 Å². The zero-order valence-corrected chi connectivity index (χ0v) is 12.7. The lowest BCUT2D eigenvalue weighted by atomic mass is 9.95. The standard InChI is InChI=1S/C16H22FNO3/c1-16(2,3)21-15(20)18-8-7-12(10-17)14(18)11-5-4-6-13(19)9-11/h4-6,9,12,14,19H,7-8,10H2,1-3H3. The maximum absolute atomic E-state index is 13.3. The van der Waals surface area contributed by atoms with Crippen molar-refractivity contribution in [2.24, 2.45) is 5.92 Å². The van der Waals surface area contributed by atoms with E-state index in [1.165, 1.54) is 0 Å². The second-order valence-corrected chi connectivity index (χ2v) is 6.42. The van der Waals surface area contributed by atoms with E-state index in [-0.39, 0.29) is 11.7 Å². The fourth-order valence-corrected chi connectivity index (χ4v) is 2.70. The zero-order chi connectivity index (χ0) is 15.6. The van der Waals surface area contributed by atoms with Gasteiger partial charge in [0.05, 0.1) is 12.7 Å². The third-order valence-corrected chi connectivity index (χ3v) is 3.56. The Morgan fingerprint density at radius 1 is 1.48 bits per heavy atom. The average molecular weight is 295 g/mol. The largest absolute Gasteiger partial charge is 0.508 e. The molecular weight excluding hydrogens is 273 g/mol. The summed E-state index contributed by atoms with van der Waals surface area (Å²) in [6.07, 6.45) is 0.155. The van der Waals surface area contributed by atoms with E-state index in [0.717, 1.165) is 5.56 Å². The molecule has 1 saturated heterocycles. The molecule has 1 aromatic rings. The van der Waals surface area contributed by atoms with Crippen LogP contribution in [-0.2, 0) is 4.74 Å². The minimum absolute atomic E-state index is 0.112. The Labute approximate surface area is 124 Å². The smallest absolute Gasteiger partial charge is 0.410 e. The summed E-state index contributed by atoms with van der Waals surface area (Å²) < 4.78 is 18.7. The molecule has 0 spiro atoms. The van der Waals surface area contributed by atoms with Crippen molar-refractivity contribution in [2.45, 2.75) is 38.8 Å².